The molecule has 0 fully saturated rings. The lowest BCUT2D eigenvalue weighted by molar-refractivity contribution is 0.768. The summed E-state index contributed by atoms with van der Waals surface area (Å²) in [4.78, 5) is 2.56. The molecule has 0 atom stereocenters. The van der Waals surface area contributed by atoms with E-state index in [1.54, 1.807) is 0 Å². The molecule has 12 rings (SSSR count). The molecular formula is C57H37NS. The van der Waals surface area contributed by atoms with Gasteiger partial charge in [-0.1, -0.05) is 194 Å². The summed E-state index contributed by atoms with van der Waals surface area (Å²) >= 11 is 1.90. The van der Waals surface area contributed by atoms with E-state index in [1.165, 1.54) is 91.9 Å². The molecule has 0 saturated carbocycles. The second-order valence-corrected chi connectivity index (χ2v) is 16.6. The number of hydrogen-bond donors (Lipinski definition) is 0. The maximum absolute atomic E-state index is 2.56. The summed E-state index contributed by atoms with van der Waals surface area (Å²) in [5.41, 5.74) is 13.0. The first kappa shape index (κ1) is 33.8. The summed E-state index contributed by atoms with van der Waals surface area (Å²) in [5, 5.41) is 7.50. The lowest BCUT2D eigenvalue weighted by atomic mass is 9.67. The zero-order valence-corrected chi connectivity index (χ0v) is 33.0. The van der Waals surface area contributed by atoms with Crippen LogP contribution in [0.25, 0.3) is 64.0 Å². The summed E-state index contributed by atoms with van der Waals surface area (Å²) < 4.78 is 2.62. The van der Waals surface area contributed by atoms with Crippen molar-refractivity contribution in [2.45, 2.75) is 5.41 Å². The first-order valence-electron chi connectivity index (χ1n) is 20.3. The molecule has 0 unspecified atom stereocenters. The van der Waals surface area contributed by atoms with E-state index in [0.717, 1.165) is 11.4 Å². The number of anilines is 3. The molecule has 59 heavy (non-hydrogen) atoms. The molecule has 1 aromatic heterocycles. The van der Waals surface area contributed by atoms with Crippen LogP contribution in [0.2, 0.25) is 0 Å². The van der Waals surface area contributed by atoms with E-state index in [1.807, 2.05) is 11.3 Å². The maximum Gasteiger partial charge on any atom is 0.0714 e. The van der Waals surface area contributed by atoms with E-state index in [2.05, 4.69) is 229 Å². The predicted molar refractivity (Wildman–Crippen MR) is 252 cm³/mol. The van der Waals surface area contributed by atoms with Crippen LogP contribution in [-0.4, -0.2) is 0 Å². The highest BCUT2D eigenvalue weighted by atomic mass is 32.1. The zero-order valence-electron chi connectivity index (χ0n) is 32.2. The van der Waals surface area contributed by atoms with Crippen molar-refractivity contribution in [2.75, 3.05) is 4.90 Å². The largest absolute Gasteiger partial charge is 0.309 e. The molecule has 1 aliphatic carbocycles. The van der Waals surface area contributed by atoms with Gasteiger partial charge in [-0.25, -0.2) is 0 Å². The van der Waals surface area contributed by atoms with Gasteiger partial charge in [0.2, 0.25) is 0 Å². The number of fused-ring (bicyclic) bond motifs is 9. The summed E-state index contributed by atoms with van der Waals surface area (Å²) in [6, 6.07) is 83.2. The minimum Gasteiger partial charge on any atom is -0.309 e. The lowest BCUT2D eigenvalue weighted by Crippen LogP contribution is -2.28. The topological polar surface area (TPSA) is 3.24 Å². The van der Waals surface area contributed by atoms with Crippen LogP contribution < -0.4 is 4.90 Å². The third-order valence-corrected chi connectivity index (χ3v) is 13.7. The fourth-order valence-electron chi connectivity index (χ4n) is 10.0. The maximum atomic E-state index is 2.56. The van der Waals surface area contributed by atoms with Gasteiger partial charge in [0.15, 0.2) is 0 Å². The van der Waals surface area contributed by atoms with Gasteiger partial charge in [0.25, 0.3) is 0 Å². The van der Waals surface area contributed by atoms with Crippen molar-refractivity contribution in [3.05, 3.63) is 247 Å². The van der Waals surface area contributed by atoms with Crippen molar-refractivity contribution >= 4 is 70.1 Å². The fraction of sp³-hybridized carbons (Fsp3) is 0.0175. The SMILES string of the molecule is c1ccc(-c2c(N(c3ccc4c(c3)C(c3ccccc3)(c3ccccc3)c3ccccc3-4)c3ccc4ccccc4c3)c3ccccc3c3sc4ccccc4c23)cc1. The molecule has 0 N–H and O–H groups in total. The van der Waals surface area contributed by atoms with Crippen LogP contribution in [0.4, 0.5) is 17.1 Å². The van der Waals surface area contributed by atoms with Crippen molar-refractivity contribution in [3.63, 3.8) is 0 Å². The minimum atomic E-state index is -0.530. The Kier molecular flexibility index (Phi) is 7.69. The lowest BCUT2D eigenvalue weighted by Gasteiger charge is -2.35. The van der Waals surface area contributed by atoms with E-state index in [0.29, 0.717) is 0 Å². The third kappa shape index (κ3) is 5.03. The summed E-state index contributed by atoms with van der Waals surface area (Å²) in [7, 11) is 0. The van der Waals surface area contributed by atoms with Crippen molar-refractivity contribution in [1.82, 2.24) is 0 Å². The Morgan fingerprint density at radius 1 is 0.390 bits per heavy atom. The molecule has 0 bridgehead atoms. The molecule has 0 saturated heterocycles. The van der Waals surface area contributed by atoms with E-state index in [9.17, 15) is 0 Å². The Morgan fingerprint density at radius 3 is 1.71 bits per heavy atom. The first-order chi connectivity index (χ1) is 29.3. The fourth-order valence-corrected chi connectivity index (χ4v) is 11.3. The van der Waals surface area contributed by atoms with E-state index in [-0.39, 0.29) is 0 Å². The van der Waals surface area contributed by atoms with Crippen molar-refractivity contribution in [3.8, 4) is 22.3 Å². The van der Waals surface area contributed by atoms with Gasteiger partial charge in [-0.3, -0.25) is 0 Å². The molecule has 10 aromatic carbocycles. The highest BCUT2D eigenvalue weighted by Crippen LogP contribution is 2.59. The minimum absolute atomic E-state index is 0.530. The quantitative estimate of drug-likeness (QED) is 0.163. The van der Waals surface area contributed by atoms with E-state index in [4.69, 9.17) is 0 Å². The number of hydrogen-bond acceptors (Lipinski definition) is 2. The number of benzene rings is 10. The molecule has 0 spiro atoms. The third-order valence-electron chi connectivity index (χ3n) is 12.5. The highest BCUT2D eigenvalue weighted by molar-refractivity contribution is 7.26. The smallest absolute Gasteiger partial charge is 0.0714 e. The van der Waals surface area contributed by atoms with Gasteiger partial charge in [-0.05, 0) is 80.0 Å². The number of rotatable bonds is 6. The Hall–Kier alpha value is -7.26. The normalized spacial score (nSPS) is 12.9. The second kappa shape index (κ2) is 13.4. The molecule has 11 aromatic rings. The van der Waals surface area contributed by atoms with Gasteiger partial charge >= 0.3 is 0 Å². The number of thiophene rings is 1. The zero-order chi connectivity index (χ0) is 38.9. The average Bonchev–Trinajstić information content (AvgIpc) is 3.84. The molecule has 0 radical (unpaired) electrons. The molecule has 276 valence electrons. The van der Waals surface area contributed by atoms with Crippen LogP contribution in [0.15, 0.2) is 224 Å². The average molecular weight is 768 g/mol. The van der Waals surface area contributed by atoms with Gasteiger partial charge in [0, 0.05) is 47.9 Å². The summed E-state index contributed by atoms with van der Waals surface area (Å²) in [6.07, 6.45) is 0. The molecule has 1 heterocycles. The highest BCUT2D eigenvalue weighted by Gasteiger charge is 2.46. The Balaban J connectivity index is 1.25. The van der Waals surface area contributed by atoms with Crippen molar-refractivity contribution in [2.24, 2.45) is 0 Å². The molecule has 1 aliphatic rings. The molecule has 0 aliphatic heterocycles. The monoisotopic (exact) mass is 767 g/mol. The molecule has 0 amide bonds. The van der Waals surface area contributed by atoms with Gasteiger partial charge in [-0.15, -0.1) is 11.3 Å². The van der Waals surface area contributed by atoms with Gasteiger partial charge < -0.3 is 4.90 Å². The van der Waals surface area contributed by atoms with E-state index >= 15 is 0 Å². The van der Waals surface area contributed by atoms with Crippen LogP contribution in [0.3, 0.4) is 0 Å². The number of nitrogens with zero attached hydrogens (tertiary/aromatic N) is 1. The Labute approximate surface area is 347 Å². The van der Waals surface area contributed by atoms with Gasteiger partial charge in [0.1, 0.15) is 0 Å². The standard InChI is InChI=1S/C57H37NS/c1-4-19-39(20-5-1)53-54-49-29-15-17-31-52(49)59-56(54)48-28-13-12-27-47(48)55(53)58(43-33-32-38-18-10-11-21-40(38)36-43)44-34-35-46-45-26-14-16-30-50(45)57(51(46)37-44,41-22-6-2-7-23-41)42-24-8-3-9-25-42/h1-37H. The predicted octanol–water partition coefficient (Wildman–Crippen LogP) is 15.9. The van der Waals surface area contributed by atoms with Crippen LogP contribution in [0.1, 0.15) is 22.3 Å². The first-order valence-corrected chi connectivity index (χ1v) is 21.2. The van der Waals surface area contributed by atoms with Crippen LogP contribution in [-0.2, 0) is 5.41 Å². The second-order valence-electron chi connectivity index (χ2n) is 15.6. The summed E-state index contributed by atoms with van der Waals surface area (Å²) in [5.74, 6) is 0. The molecule has 1 nitrogen and oxygen atoms in total. The van der Waals surface area contributed by atoms with Crippen molar-refractivity contribution in [1.29, 1.82) is 0 Å². The van der Waals surface area contributed by atoms with Gasteiger partial charge in [0.05, 0.1) is 11.1 Å². The van der Waals surface area contributed by atoms with Crippen LogP contribution >= 0.6 is 11.3 Å². The Morgan fingerprint density at radius 2 is 0.949 bits per heavy atom. The van der Waals surface area contributed by atoms with Crippen LogP contribution in [0.5, 0.6) is 0 Å². The molecular weight excluding hydrogens is 731 g/mol. The van der Waals surface area contributed by atoms with Crippen LogP contribution in [0, 0.1) is 0 Å². The Bertz CT molecular complexity index is 3340. The van der Waals surface area contributed by atoms with Gasteiger partial charge in [-0.2, -0.15) is 0 Å². The molecule has 2 heteroatoms. The van der Waals surface area contributed by atoms with Crippen molar-refractivity contribution < 1.29 is 0 Å². The summed E-state index contributed by atoms with van der Waals surface area (Å²) in [6.45, 7) is 0. The van der Waals surface area contributed by atoms with E-state index < -0.39 is 5.41 Å².